The maximum atomic E-state index is 14.0. The molecule has 1 unspecified atom stereocenters. The molecule has 2 nitrogen and oxygen atoms in total. The molecular formula is C15H20F4N2. The van der Waals surface area contributed by atoms with E-state index in [1.807, 2.05) is 13.8 Å². The third-order valence-electron chi connectivity index (χ3n) is 3.85. The van der Waals surface area contributed by atoms with Crippen LogP contribution in [-0.4, -0.2) is 25.7 Å². The van der Waals surface area contributed by atoms with E-state index in [2.05, 4.69) is 5.32 Å². The monoisotopic (exact) mass is 304 g/mol. The summed E-state index contributed by atoms with van der Waals surface area (Å²) < 4.78 is 52.4. The summed E-state index contributed by atoms with van der Waals surface area (Å²) in [5.41, 5.74) is -0.767. The molecule has 0 saturated carbocycles. The van der Waals surface area contributed by atoms with Gasteiger partial charge in [-0.2, -0.15) is 13.2 Å². The van der Waals surface area contributed by atoms with E-state index in [0.717, 1.165) is 31.2 Å². The van der Waals surface area contributed by atoms with Crippen molar-refractivity contribution in [2.45, 2.75) is 32.5 Å². The van der Waals surface area contributed by atoms with Crippen LogP contribution in [-0.2, 0) is 6.18 Å². The van der Waals surface area contributed by atoms with E-state index in [1.165, 1.54) is 0 Å². The first-order chi connectivity index (χ1) is 9.79. The zero-order chi connectivity index (χ0) is 15.6. The first-order valence-corrected chi connectivity index (χ1v) is 7.14. The number of nitrogens with zero attached hydrogens (tertiary/aromatic N) is 1. The minimum atomic E-state index is -4.45. The van der Waals surface area contributed by atoms with Gasteiger partial charge >= 0.3 is 6.18 Å². The van der Waals surface area contributed by atoms with Crippen LogP contribution >= 0.6 is 0 Å². The van der Waals surface area contributed by atoms with Crippen molar-refractivity contribution in [3.63, 3.8) is 0 Å². The number of halogens is 4. The van der Waals surface area contributed by atoms with E-state index in [-0.39, 0.29) is 11.7 Å². The highest BCUT2D eigenvalue weighted by molar-refractivity contribution is 5.51. The van der Waals surface area contributed by atoms with Crippen molar-refractivity contribution >= 4 is 5.69 Å². The molecule has 6 heteroatoms. The van der Waals surface area contributed by atoms with E-state index >= 15 is 0 Å². The molecule has 1 saturated heterocycles. The normalized spacial score (nSPS) is 20.7. The standard InChI is InChI=1S/C15H20F4N2/c1-10(2)13-9-21(7-3-6-20-13)14-8-11(15(17,18)19)4-5-12(14)16/h4-5,8,10,13,20H,3,6-7,9H2,1-2H3. The molecule has 1 fully saturated rings. The lowest BCUT2D eigenvalue weighted by Crippen LogP contribution is -2.41. The molecule has 0 radical (unpaired) electrons. The van der Waals surface area contributed by atoms with Gasteiger partial charge in [-0.3, -0.25) is 0 Å². The smallest absolute Gasteiger partial charge is 0.368 e. The van der Waals surface area contributed by atoms with Crippen LogP contribution in [0.5, 0.6) is 0 Å². The lowest BCUT2D eigenvalue weighted by Gasteiger charge is -2.29. The van der Waals surface area contributed by atoms with Gasteiger partial charge in [0.15, 0.2) is 0 Å². The lowest BCUT2D eigenvalue weighted by atomic mass is 10.0. The summed E-state index contributed by atoms with van der Waals surface area (Å²) in [6.45, 7) is 5.94. The predicted octanol–water partition coefficient (Wildman–Crippen LogP) is 3.67. The van der Waals surface area contributed by atoms with Gasteiger partial charge in [-0.15, -0.1) is 0 Å². The number of benzene rings is 1. The topological polar surface area (TPSA) is 15.3 Å². The van der Waals surface area contributed by atoms with E-state index in [4.69, 9.17) is 0 Å². The van der Waals surface area contributed by atoms with Gasteiger partial charge in [0.25, 0.3) is 0 Å². The maximum Gasteiger partial charge on any atom is 0.416 e. The van der Waals surface area contributed by atoms with Crippen LogP contribution in [0.3, 0.4) is 0 Å². The summed E-state index contributed by atoms with van der Waals surface area (Å²) in [4.78, 5) is 1.72. The molecule has 0 aromatic heterocycles. The summed E-state index contributed by atoms with van der Waals surface area (Å²) in [6, 6.07) is 2.75. The third kappa shape index (κ3) is 3.87. The Morgan fingerprint density at radius 2 is 2.00 bits per heavy atom. The summed E-state index contributed by atoms with van der Waals surface area (Å²) >= 11 is 0. The Morgan fingerprint density at radius 3 is 2.62 bits per heavy atom. The summed E-state index contributed by atoms with van der Waals surface area (Å²) in [7, 11) is 0. The summed E-state index contributed by atoms with van der Waals surface area (Å²) in [5, 5.41) is 3.36. The molecule has 0 aliphatic carbocycles. The van der Waals surface area contributed by atoms with Crippen LogP contribution in [0.15, 0.2) is 18.2 Å². The Hall–Kier alpha value is -1.30. The third-order valence-corrected chi connectivity index (χ3v) is 3.85. The Labute approximate surface area is 122 Å². The summed E-state index contributed by atoms with van der Waals surface area (Å²) in [5.74, 6) is -0.271. The number of rotatable bonds is 2. The zero-order valence-electron chi connectivity index (χ0n) is 12.2. The van der Waals surface area contributed by atoms with Crippen LogP contribution in [0.4, 0.5) is 23.2 Å². The zero-order valence-corrected chi connectivity index (χ0v) is 12.2. The van der Waals surface area contributed by atoms with E-state index in [1.54, 1.807) is 4.90 Å². The molecular weight excluding hydrogens is 284 g/mol. The van der Waals surface area contributed by atoms with Crippen molar-refractivity contribution in [1.82, 2.24) is 5.32 Å². The van der Waals surface area contributed by atoms with Crippen molar-refractivity contribution in [2.75, 3.05) is 24.5 Å². The minimum absolute atomic E-state index is 0.0409. The second-order valence-electron chi connectivity index (χ2n) is 5.77. The van der Waals surface area contributed by atoms with E-state index < -0.39 is 17.6 Å². The highest BCUT2D eigenvalue weighted by atomic mass is 19.4. The van der Waals surface area contributed by atoms with Crippen LogP contribution < -0.4 is 10.2 Å². The fourth-order valence-corrected chi connectivity index (χ4v) is 2.55. The largest absolute Gasteiger partial charge is 0.416 e. The van der Waals surface area contributed by atoms with Crippen molar-refractivity contribution < 1.29 is 17.6 Å². The number of nitrogens with one attached hydrogen (secondary N) is 1. The molecule has 1 N–H and O–H groups in total. The quantitative estimate of drug-likeness (QED) is 0.839. The highest BCUT2D eigenvalue weighted by Gasteiger charge is 2.32. The van der Waals surface area contributed by atoms with Crippen molar-refractivity contribution in [2.24, 2.45) is 5.92 Å². The minimum Gasteiger partial charge on any atom is -0.368 e. The van der Waals surface area contributed by atoms with E-state index in [0.29, 0.717) is 19.0 Å². The van der Waals surface area contributed by atoms with E-state index in [9.17, 15) is 17.6 Å². The molecule has 21 heavy (non-hydrogen) atoms. The van der Waals surface area contributed by atoms with Gasteiger partial charge in [-0.05, 0) is 37.1 Å². The SMILES string of the molecule is CC(C)C1CN(c2cc(C(F)(F)F)ccc2F)CCCN1. The lowest BCUT2D eigenvalue weighted by molar-refractivity contribution is -0.137. The van der Waals surface area contributed by atoms with Gasteiger partial charge < -0.3 is 10.2 Å². The van der Waals surface area contributed by atoms with Crippen molar-refractivity contribution in [3.05, 3.63) is 29.6 Å². The molecule has 0 amide bonds. The van der Waals surface area contributed by atoms with Crippen molar-refractivity contribution in [1.29, 1.82) is 0 Å². The number of hydrogen-bond acceptors (Lipinski definition) is 2. The number of hydrogen-bond donors (Lipinski definition) is 1. The second-order valence-corrected chi connectivity index (χ2v) is 5.77. The van der Waals surface area contributed by atoms with Gasteiger partial charge in [-0.25, -0.2) is 4.39 Å². The van der Waals surface area contributed by atoms with Crippen LogP contribution in [0.1, 0.15) is 25.8 Å². The predicted molar refractivity (Wildman–Crippen MR) is 74.9 cm³/mol. The maximum absolute atomic E-state index is 14.0. The molecule has 1 aromatic rings. The molecule has 0 spiro atoms. The molecule has 1 aliphatic rings. The molecule has 1 aliphatic heterocycles. The first kappa shape index (κ1) is 16.1. The molecule has 0 bridgehead atoms. The number of alkyl halides is 3. The molecule has 2 rings (SSSR count). The second kappa shape index (κ2) is 6.22. The molecule has 1 aromatic carbocycles. The van der Waals surface area contributed by atoms with Gasteiger partial charge in [0.1, 0.15) is 5.82 Å². The fourth-order valence-electron chi connectivity index (χ4n) is 2.55. The van der Waals surface area contributed by atoms with Gasteiger partial charge in [0.05, 0.1) is 11.3 Å². The molecule has 1 atom stereocenters. The number of anilines is 1. The average molecular weight is 304 g/mol. The van der Waals surface area contributed by atoms with Crippen LogP contribution in [0.2, 0.25) is 0 Å². The fraction of sp³-hybridized carbons (Fsp3) is 0.600. The highest BCUT2D eigenvalue weighted by Crippen LogP contribution is 2.33. The average Bonchev–Trinajstić information content (AvgIpc) is 2.63. The van der Waals surface area contributed by atoms with Gasteiger partial charge in [-0.1, -0.05) is 13.8 Å². The molecule has 118 valence electrons. The van der Waals surface area contributed by atoms with Crippen molar-refractivity contribution in [3.8, 4) is 0 Å². The van der Waals surface area contributed by atoms with Crippen LogP contribution in [0, 0.1) is 11.7 Å². The first-order valence-electron chi connectivity index (χ1n) is 7.14. The van der Waals surface area contributed by atoms with Crippen LogP contribution in [0.25, 0.3) is 0 Å². The Bertz CT molecular complexity index is 485. The van der Waals surface area contributed by atoms with Gasteiger partial charge in [0.2, 0.25) is 0 Å². The Morgan fingerprint density at radius 1 is 1.29 bits per heavy atom. The Kier molecular flexibility index (Phi) is 4.76. The Balaban J connectivity index is 2.30. The summed E-state index contributed by atoms with van der Waals surface area (Å²) in [6.07, 6.45) is -3.68. The van der Waals surface area contributed by atoms with Gasteiger partial charge in [0, 0.05) is 19.1 Å². The molecule has 1 heterocycles.